The number of anilines is 1. The largest absolute Gasteiger partial charge is 0.494 e. The number of likely N-dealkylation sites (N-methyl/N-ethyl adjacent to an activating group) is 2. The summed E-state index contributed by atoms with van der Waals surface area (Å²) in [4.78, 5) is 38.1. The number of amides is 2. The molecule has 2 heterocycles. The molecule has 0 aliphatic carbocycles. The number of hydrogen-bond acceptors (Lipinski definition) is 6. The SMILES string of the molecule is CC(=O)NCCc1ccc(C(=Nc2ccc(N(C)C(=O)CN3CCN(C)CC3)cc2)c2c(O)[nH]c3cc(F)ccc23)cc1. The van der Waals surface area contributed by atoms with E-state index >= 15 is 0 Å². The van der Waals surface area contributed by atoms with Gasteiger partial charge in [0.05, 0.1) is 29.0 Å². The van der Waals surface area contributed by atoms with Gasteiger partial charge in [0.1, 0.15) is 5.82 Å². The summed E-state index contributed by atoms with van der Waals surface area (Å²) in [7, 11) is 3.87. The van der Waals surface area contributed by atoms with Crippen LogP contribution in [0.4, 0.5) is 15.8 Å². The maximum absolute atomic E-state index is 14.0. The van der Waals surface area contributed by atoms with Crippen molar-refractivity contribution in [3.8, 4) is 5.88 Å². The highest BCUT2D eigenvalue weighted by atomic mass is 19.1. The van der Waals surface area contributed by atoms with Crippen LogP contribution in [0.5, 0.6) is 5.88 Å². The van der Waals surface area contributed by atoms with Crippen molar-refractivity contribution in [3.63, 3.8) is 0 Å². The van der Waals surface area contributed by atoms with Gasteiger partial charge in [-0.05, 0) is 61.5 Å². The summed E-state index contributed by atoms with van der Waals surface area (Å²) in [5.41, 5.74) is 4.62. The van der Waals surface area contributed by atoms with E-state index in [0.717, 1.165) is 43.0 Å². The molecule has 4 aromatic rings. The third-order valence-electron chi connectivity index (χ3n) is 7.80. The first-order valence-electron chi connectivity index (χ1n) is 14.4. The summed E-state index contributed by atoms with van der Waals surface area (Å²) in [6.45, 7) is 6.03. The number of carbonyl (C=O) groups is 2. The third kappa shape index (κ3) is 7.28. The minimum atomic E-state index is -0.413. The van der Waals surface area contributed by atoms with Gasteiger partial charge >= 0.3 is 0 Å². The minimum absolute atomic E-state index is 0.0241. The fraction of sp³-hybridized carbons (Fsp3) is 0.303. The summed E-state index contributed by atoms with van der Waals surface area (Å²) in [5.74, 6) is -0.575. The summed E-state index contributed by atoms with van der Waals surface area (Å²) >= 11 is 0. The zero-order chi connectivity index (χ0) is 30.5. The highest BCUT2D eigenvalue weighted by molar-refractivity contribution is 6.21. The first kappa shape index (κ1) is 29.9. The molecule has 1 aliphatic heterocycles. The number of aromatic hydroxyl groups is 1. The lowest BCUT2D eigenvalue weighted by molar-refractivity contribution is -0.120. The van der Waals surface area contributed by atoms with Crippen LogP contribution in [0.3, 0.4) is 0 Å². The van der Waals surface area contributed by atoms with Crippen LogP contribution in [0.15, 0.2) is 71.7 Å². The normalized spacial score (nSPS) is 14.7. The number of aromatic nitrogens is 1. The number of piperazine rings is 1. The maximum atomic E-state index is 14.0. The number of H-pyrrole nitrogens is 1. The molecule has 0 atom stereocenters. The molecule has 0 unspecified atom stereocenters. The van der Waals surface area contributed by atoms with Crippen molar-refractivity contribution in [3.05, 3.63) is 89.2 Å². The van der Waals surface area contributed by atoms with Gasteiger partial charge in [0.15, 0.2) is 5.88 Å². The molecule has 1 fully saturated rings. The molecule has 0 saturated carbocycles. The number of benzene rings is 3. The minimum Gasteiger partial charge on any atom is -0.494 e. The molecule has 10 heteroatoms. The molecule has 1 aliphatic rings. The zero-order valence-electron chi connectivity index (χ0n) is 24.7. The topological polar surface area (TPSA) is 104 Å². The van der Waals surface area contributed by atoms with Gasteiger partial charge in [-0.3, -0.25) is 14.5 Å². The maximum Gasteiger partial charge on any atom is 0.240 e. The van der Waals surface area contributed by atoms with E-state index in [1.807, 2.05) is 48.5 Å². The standard InChI is InChI=1S/C33H37FN6O3/c1-22(41)35-15-14-23-4-6-24(7-5-23)32(31-28-13-8-25(34)20-29(28)37-33(31)43)36-26-9-11-27(12-10-26)39(3)30(42)21-40-18-16-38(2)17-19-40/h4-13,20,37,43H,14-19,21H2,1-3H3,(H,35,41). The fourth-order valence-electron chi connectivity index (χ4n) is 5.20. The zero-order valence-corrected chi connectivity index (χ0v) is 24.7. The lowest BCUT2D eigenvalue weighted by Gasteiger charge is -2.32. The molecule has 3 N–H and O–H groups in total. The first-order valence-corrected chi connectivity index (χ1v) is 14.4. The van der Waals surface area contributed by atoms with E-state index in [4.69, 9.17) is 4.99 Å². The molecule has 0 radical (unpaired) electrons. The molecule has 0 bridgehead atoms. The molecule has 9 nitrogen and oxygen atoms in total. The predicted molar refractivity (Wildman–Crippen MR) is 168 cm³/mol. The lowest BCUT2D eigenvalue weighted by Crippen LogP contribution is -2.48. The Morgan fingerprint density at radius 1 is 1.02 bits per heavy atom. The Balaban J connectivity index is 1.42. The van der Waals surface area contributed by atoms with E-state index in [1.165, 1.54) is 19.1 Å². The van der Waals surface area contributed by atoms with Crippen LogP contribution in [-0.4, -0.2) is 90.8 Å². The number of fused-ring (bicyclic) bond motifs is 1. The molecule has 1 saturated heterocycles. The van der Waals surface area contributed by atoms with E-state index < -0.39 is 5.82 Å². The van der Waals surface area contributed by atoms with Crippen molar-refractivity contribution in [1.82, 2.24) is 20.1 Å². The molecular formula is C33H37FN6O3. The fourth-order valence-corrected chi connectivity index (χ4v) is 5.20. The monoisotopic (exact) mass is 584 g/mol. The Bertz CT molecular complexity index is 1620. The molecule has 5 rings (SSSR count). The quantitative estimate of drug-likeness (QED) is 0.258. The van der Waals surface area contributed by atoms with Crippen molar-refractivity contribution in [1.29, 1.82) is 0 Å². The Labute approximate surface area is 250 Å². The molecule has 3 aromatic carbocycles. The van der Waals surface area contributed by atoms with Gasteiger partial charge in [0, 0.05) is 63.3 Å². The van der Waals surface area contributed by atoms with E-state index in [2.05, 4.69) is 27.1 Å². The van der Waals surface area contributed by atoms with Gasteiger partial charge in [-0.1, -0.05) is 24.3 Å². The number of nitrogens with zero attached hydrogens (tertiary/aromatic N) is 4. The van der Waals surface area contributed by atoms with E-state index in [-0.39, 0.29) is 17.7 Å². The molecule has 224 valence electrons. The summed E-state index contributed by atoms with van der Waals surface area (Å²) in [6, 6.07) is 19.5. The second-order valence-corrected chi connectivity index (χ2v) is 11.0. The van der Waals surface area contributed by atoms with Gasteiger partial charge in [-0.2, -0.15) is 0 Å². The average Bonchev–Trinajstić information content (AvgIpc) is 3.31. The van der Waals surface area contributed by atoms with Gasteiger partial charge in [-0.25, -0.2) is 9.38 Å². The Morgan fingerprint density at radius 3 is 2.40 bits per heavy atom. The van der Waals surface area contributed by atoms with E-state index in [1.54, 1.807) is 18.0 Å². The third-order valence-corrected chi connectivity index (χ3v) is 7.80. The number of carbonyl (C=O) groups excluding carboxylic acids is 2. The van der Waals surface area contributed by atoms with Crippen LogP contribution in [-0.2, 0) is 16.0 Å². The number of halogens is 1. The van der Waals surface area contributed by atoms with Crippen molar-refractivity contribution in [2.75, 3.05) is 58.3 Å². The number of aromatic amines is 1. The van der Waals surface area contributed by atoms with Crippen LogP contribution in [0.2, 0.25) is 0 Å². The molecule has 1 aromatic heterocycles. The van der Waals surface area contributed by atoms with Crippen LogP contribution >= 0.6 is 0 Å². The summed E-state index contributed by atoms with van der Waals surface area (Å²) in [6.07, 6.45) is 0.673. The Hall–Kier alpha value is -4.54. The average molecular weight is 585 g/mol. The lowest BCUT2D eigenvalue weighted by atomic mass is 9.99. The summed E-state index contributed by atoms with van der Waals surface area (Å²) < 4.78 is 14.0. The highest BCUT2D eigenvalue weighted by Gasteiger charge is 2.21. The van der Waals surface area contributed by atoms with Crippen LogP contribution in [0, 0.1) is 5.82 Å². The van der Waals surface area contributed by atoms with Gasteiger partial charge < -0.3 is 25.2 Å². The van der Waals surface area contributed by atoms with Crippen LogP contribution in [0.25, 0.3) is 10.9 Å². The van der Waals surface area contributed by atoms with Gasteiger partial charge in [0.2, 0.25) is 11.8 Å². The smallest absolute Gasteiger partial charge is 0.240 e. The summed E-state index contributed by atoms with van der Waals surface area (Å²) in [5, 5.41) is 14.4. The van der Waals surface area contributed by atoms with Crippen molar-refractivity contribution >= 4 is 39.8 Å². The van der Waals surface area contributed by atoms with Crippen molar-refractivity contribution in [2.24, 2.45) is 4.99 Å². The van der Waals surface area contributed by atoms with Gasteiger partial charge in [-0.15, -0.1) is 0 Å². The van der Waals surface area contributed by atoms with Gasteiger partial charge in [0.25, 0.3) is 0 Å². The van der Waals surface area contributed by atoms with E-state index in [0.29, 0.717) is 47.4 Å². The number of hydrogen-bond donors (Lipinski definition) is 3. The Morgan fingerprint density at radius 2 is 1.72 bits per heavy atom. The Kier molecular flexibility index (Phi) is 9.18. The first-order chi connectivity index (χ1) is 20.7. The second-order valence-electron chi connectivity index (χ2n) is 11.0. The van der Waals surface area contributed by atoms with Crippen LogP contribution < -0.4 is 10.2 Å². The van der Waals surface area contributed by atoms with Crippen molar-refractivity contribution < 1.29 is 19.1 Å². The predicted octanol–water partition coefficient (Wildman–Crippen LogP) is 4.07. The molecule has 2 amide bonds. The number of rotatable bonds is 9. The highest BCUT2D eigenvalue weighted by Crippen LogP contribution is 2.32. The molecular weight excluding hydrogens is 547 g/mol. The second kappa shape index (κ2) is 13.2. The van der Waals surface area contributed by atoms with E-state index in [9.17, 15) is 19.1 Å². The molecule has 43 heavy (non-hydrogen) atoms. The molecule has 0 spiro atoms. The van der Waals surface area contributed by atoms with Crippen molar-refractivity contribution in [2.45, 2.75) is 13.3 Å². The van der Waals surface area contributed by atoms with Crippen LogP contribution in [0.1, 0.15) is 23.6 Å². The number of nitrogens with one attached hydrogen (secondary N) is 2. The number of aliphatic imine (C=N–C) groups is 1.